The lowest BCUT2D eigenvalue weighted by Gasteiger charge is -2.52. The summed E-state index contributed by atoms with van der Waals surface area (Å²) in [4.78, 5) is 15.8. The molecule has 1 aliphatic heterocycles. The number of amides is 1. The highest BCUT2D eigenvalue weighted by Crippen LogP contribution is 2.52. The van der Waals surface area contributed by atoms with Crippen LogP contribution in [0.25, 0.3) is 0 Å². The molecule has 2 aromatic rings. The number of hydrogen-bond donors (Lipinski definition) is 0. The lowest BCUT2D eigenvalue weighted by molar-refractivity contribution is -0.153. The number of rotatable bonds is 8. The van der Waals surface area contributed by atoms with Crippen molar-refractivity contribution in [1.82, 2.24) is 4.90 Å². The third kappa shape index (κ3) is 5.84. The van der Waals surface area contributed by atoms with Crippen LogP contribution in [-0.4, -0.2) is 37.3 Å². The Bertz CT molecular complexity index is 1150. The molecular formula is C26H30Cl2FNO3S. The summed E-state index contributed by atoms with van der Waals surface area (Å²) in [7, 11) is -3.38. The minimum atomic E-state index is -3.38. The van der Waals surface area contributed by atoms with Gasteiger partial charge in [0.1, 0.15) is 15.7 Å². The normalized spacial score (nSPS) is 24.2. The molecule has 184 valence electrons. The number of hydrogen-bond acceptors (Lipinski definition) is 3. The van der Waals surface area contributed by atoms with Crippen molar-refractivity contribution in [3.63, 3.8) is 0 Å². The molecular weight excluding hydrogens is 496 g/mol. The Morgan fingerprint density at radius 2 is 1.82 bits per heavy atom. The fourth-order valence-corrected chi connectivity index (χ4v) is 6.54. The number of halogens is 3. The molecule has 34 heavy (non-hydrogen) atoms. The number of allylic oxidation sites excluding steroid dienone is 1. The molecule has 1 aliphatic rings. The molecule has 0 aromatic heterocycles. The summed E-state index contributed by atoms with van der Waals surface area (Å²) in [6.07, 6.45) is 4.16. The Labute approximate surface area is 211 Å². The van der Waals surface area contributed by atoms with Crippen molar-refractivity contribution < 1.29 is 17.6 Å². The second kappa shape index (κ2) is 10.4. The van der Waals surface area contributed by atoms with E-state index in [0.29, 0.717) is 29.8 Å². The summed E-state index contributed by atoms with van der Waals surface area (Å²) in [5.41, 5.74) is 0.627. The molecule has 1 saturated heterocycles. The van der Waals surface area contributed by atoms with Crippen molar-refractivity contribution in [3.8, 4) is 0 Å². The number of benzene rings is 2. The van der Waals surface area contributed by atoms with E-state index in [-0.39, 0.29) is 22.6 Å². The van der Waals surface area contributed by atoms with Crippen LogP contribution in [0, 0.1) is 11.2 Å². The molecule has 4 unspecified atom stereocenters. The van der Waals surface area contributed by atoms with Gasteiger partial charge in [-0.05, 0) is 60.7 Å². The van der Waals surface area contributed by atoms with E-state index in [2.05, 4.69) is 6.58 Å². The molecule has 3 rings (SSSR count). The molecule has 2 aromatic carbocycles. The zero-order chi connectivity index (χ0) is 25.3. The average Bonchev–Trinajstić information content (AvgIpc) is 2.73. The quantitative estimate of drug-likeness (QED) is 0.365. The summed E-state index contributed by atoms with van der Waals surface area (Å²) < 4.78 is 39.1. The van der Waals surface area contributed by atoms with E-state index in [1.54, 1.807) is 29.2 Å². The van der Waals surface area contributed by atoms with Crippen molar-refractivity contribution in [2.45, 2.75) is 51.1 Å². The first-order chi connectivity index (χ1) is 15.9. The van der Waals surface area contributed by atoms with Gasteiger partial charge in [0.05, 0.1) is 17.2 Å². The van der Waals surface area contributed by atoms with Crippen LogP contribution in [-0.2, 0) is 14.6 Å². The number of likely N-dealkylation sites (tertiary alicyclic amines) is 1. The Morgan fingerprint density at radius 1 is 1.18 bits per heavy atom. The maximum atomic E-state index is 14.4. The zero-order valence-electron chi connectivity index (χ0n) is 19.6. The molecule has 1 amide bonds. The summed E-state index contributed by atoms with van der Waals surface area (Å²) in [5, 5.41) is 0.810. The van der Waals surface area contributed by atoms with Gasteiger partial charge < -0.3 is 4.90 Å². The Morgan fingerprint density at radius 3 is 2.35 bits per heavy atom. The van der Waals surface area contributed by atoms with Gasteiger partial charge in [-0.3, -0.25) is 4.79 Å². The first kappa shape index (κ1) is 26.7. The van der Waals surface area contributed by atoms with Gasteiger partial charge in [0, 0.05) is 28.3 Å². The Kier molecular flexibility index (Phi) is 8.16. The van der Waals surface area contributed by atoms with Crippen molar-refractivity contribution in [2.75, 3.05) is 12.0 Å². The third-order valence-electron chi connectivity index (χ3n) is 6.58. The largest absolute Gasteiger partial charge is 0.331 e. The SMILES string of the molecule is C=CCC1(C)CC(c2cc(F)cc(Cl)c2)C(c2ccc(Cl)cc2)N(C(CC)CS(C)(=O)=O)C1=O. The van der Waals surface area contributed by atoms with E-state index in [1.807, 2.05) is 26.0 Å². The van der Waals surface area contributed by atoms with Gasteiger partial charge in [-0.1, -0.05) is 55.3 Å². The Hall–Kier alpha value is -1.89. The zero-order valence-corrected chi connectivity index (χ0v) is 21.9. The van der Waals surface area contributed by atoms with Crippen molar-refractivity contribution in [1.29, 1.82) is 0 Å². The first-order valence-corrected chi connectivity index (χ1v) is 14.0. The number of sulfone groups is 1. The summed E-state index contributed by atoms with van der Waals surface area (Å²) in [5.74, 6) is -1.10. The van der Waals surface area contributed by atoms with Gasteiger partial charge in [0.15, 0.2) is 0 Å². The van der Waals surface area contributed by atoms with E-state index >= 15 is 0 Å². The first-order valence-electron chi connectivity index (χ1n) is 11.2. The van der Waals surface area contributed by atoms with Gasteiger partial charge in [0.25, 0.3) is 0 Å². The van der Waals surface area contributed by atoms with Crippen LogP contribution >= 0.6 is 23.2 Å². The fourth-order valence-electron chi connectivity index (χ4n) is 5.08. The second-order valence-electron chi connectivity index (χ2n) is 9.43. The molecule has 0 radical (unpaired) electrons. The van der Waals surface area contributed by atoms with E-state index in [0.717, 1.165) is 5.56 Å². The number of carbonyl (C=O) groups is 1. The number of nitrogens with zero attached hydrogens (tertiary/aromatic N) is 1. The lowest BCUT2D eigenvalue weighted by Crippen LogP contribution is -2.56. The summed E-state index contributed by atoms with van der Waals surface area (Å²) in [6.45, 7) is 7.57. The summed E-state index contributed by atoms with van der Waals surface area (Å²) >= 11 is 12.4. The highest BCUT2D eigenvalue weighted by atomic mass is 35.5. The molecule has 0 N–H and O–H groups in total. The molecule has 1 fully saturated rings. The highest BCUT2D eigenvalue weighted by Gasteiger charge is 2.51. The molecule has 0 bridgehead atoms. The Balaban J connectivity index is 2.28. The smallest absolute Gasteiger partial charge is 0.229 e. The van der Waals surface area contributed by atoms with Crippen molar-refractivity contribution in [2.24, 2.45) is 5.41 Å². The van der Waals surface area contributed by atoms with Crippen molar-refractivity contribution >= 4 is 38.9 Å². The monoisotopic (exact) mass is 525 g/mol. The molecule has 0 saturated carbocycles. The van der Waals surface area contributed by atoms with Crippen LogP contribution in [0.3, 0.4) is 0 Å². The predicted octanol–water partition coefficient (Wildman–Crippen LogP) is 6.60. The van der Waals surface area contributed by atoms with Gasteiger partial charge in [-0.25, -0.2) is 12.8 Å². The van der Waals surface area contributed by atoms with Crippen LogP contribution in [0.1, 0.15) is 56.2 Å². The number of piperidine rings is 1. The van der Waals surface area contributed by atoms with E-state index < -0.39 is 33.2 Å². The van der Waals surface area contributed by atoms with Crippen LogP contribution in [0.2, 0.25) is 10.0 Å². The second-order valence-corrected chi connectivity index (χ2v) is 12.5. The molecule has 8 heteroatoms. The fraction of sp³-hybridized carbons (Fsp3) is 0.423. The molecule has 0 spiro atoms. The highest BCUT2D eigenvalue weighted by molar-refractivity contribution is 7.90. The van der Waals surface area contributed by atoms with E-state index in [1.165, 1.54) is 18.4 Å². The minimum absolute atomic E-state index is 0.137. The lowest BCUT2D eigenvalue weighted by atomic mass is 9.67. The van der Waals surface area contributed by atoms with E-state index in [4.69, 9.17) is 23.2 Å². The van der Waals surface area contributed by atoms with Crippen LogP contribution < -0.4 is 0 Å². The summed E-state index contributed by atoms with van der Waals surface area (Å²) in [6, 6.07) is 10.5. The van der Waals surface area contributed by atoms with Crippen LogP contribution in [0.4, 0.5) is 4.39 Å². The average molecular weight is 527 g/mol. The maximum absolute atomic E-state index is 14.4. The maximum Gasteiger partial charge on any atom is 0.229 e. The van der Waals surface area contributed by atoms with E-state index in [9.17, 15) is 17.6 Å². The molecule has 0 aliphatic carbocycles. The molecule has 4 nitrogen and oxygen atoms in total. The van der Waals surface area contributed by atoms with Gasteiger partial charge >= 0.3 is 0 Å². The van der Waals surface area contributed by atoms with Crippen LogP contribution in [0.15, 0.2) is 55.1 Å². The predicted molar refractivity (Wildman–Crippen MR) is 137 cm³/mol. The number of carbonyl (C=O) groups excluding carboxylic acids is 1. The van der Waals surface area contributed by atoms with Gasteiger partial charge in [-0.15, -0.1) is 6.58 Å². The minimum Gasteiger partial charge on any atom is -0.331 e. The van der Waals surface area contributed by atoms with Gasteiger partial charge in [-0.2, -0.15) is 0 Å². The third-order valence-corrected chi connectivity index (χ3v) is 8.04. The molecule has 1 heterocycles. The topological polar surface area (TPSA) is 54.5 Å². The van der Waals surface area contributed by atoms with Gasteiger partial charge in [0.2, 0.25) is 5.91 Å². The van der Waals surface area contributed by atoms with Crippen LogP contribution in [0.5, 0.6) is 0 Å². The molecule has 4 atom stereocenters. The van der Waals surface area contributed by atoms with Crippen molar-refractivity contribution in [3.05, 3.63) is 82.1 Å². The standard InChI is InChI=1S/C26H30Cl2FNO3S/c1-5-11-26(3)15-23(18-12-20(28)14-21(29)13-18)24(17-7-9-19(27)10-8-17)30(25(26)31)22(6-2)16-34(4,32)33/h5,7-10,12-14,22-24H,1,6,11,15-16H2,2-4H3.